The summed E-state index contributed by atoms with van der Waals surface area (Å²) in [5.41, 5.74) is 4.29. The van der Waals surface area contributed by atoms with Crippen LogP contribution >= 0.6 is 0 Å². The summed E-state index contributed by atoms with van der Waals surface area (Å²) < 4.78 is 0. The highest BCUT2D eigenvalue weighted by Crippen LogP contribution is 2.00. The Bertz CT molecular complexity index is 682. The second-order valence-electron chi connectivity index (χ2n) is 4.88. The molecule has 0 atom stereocenters. The molecule has 0 aliphatic rings. The molecule has 2 N–H and O–H groups in total. The zero-order valence-corrected chi connectivity index (χ0v) is 12.8. The fraction of sp³-hybridized carbons (Fsp3) is 0.111. The lowest BCUT2D eigenvalue weighted by atomic mass is 10.2. The van der Waals surface area contributed by atoms with Gasteiger partial charge in [0.05, 0.1) is 0 Å². The van der Waals surface area contributed by atoms with Gasteiger partial charge in [0.2, 0.25) is 0 Å². The van der Waals surface area contributed by atoms with E-state index in [-0.39, 0.29) is 0 Å². The minimum atomic E-state index is -0.646. The summed E-state index contributed by atoms with van der Waals surface area (Å²) in [4.78, 5) is 28.1. The maximum absolute atomic E-state index is 11.7. The third-order valence-electron chi connectivity index (χ3n) is 3.03. The lowest BCUT2D eigenvalue weighted by Crippen LogP contribution is -2.26. The number of carbonyl (C=O) groups excluding carboxylic acids is 2. The Balaban J connectivity index is 1.78. The van der Waals surface area contributed by atoms with Gasteiger partial charge in [-0.15, -0.1) is 0 Å². The van der Waals surface area contributed by atoms with Gasteiger partial charge in [0.15, 0.2) is 0 Å². The summed E-state index contributed by atoms with van der Waals surface area (Å²) in [5.74, 6) is -1.12. The Morgan fingerprint density at radius 1 is 1.00 bits per heavy atom. The molecule has 0 bridgehead atoms. The second-order valence-corrected chi connectivity index (χ2v) is 4.88. The van der Waals surface area contributed by atoms with Gasteiger partial charge >= 0.3 is 5.97 Å². The maximum atomic E-state index is 11.7. The molecule has 0 saturated carbocycles. The number of hydrogen-bond acceptors (Lipinski definition) is 4. The molecular weight excluding hydrogens is 292 g/mol. The first-order chi connectivity index (χ1) is 11.1. The monoisotopic (exact) mass is 310 g/mol. The molecule has 1 amide bonds. The normalized spacial score (nSPS) is 10.7. The number of hydroxylamine groups is 1. The molecule has 23 heavy (non-hydrogen) atoms. The van der Waals surface area contributed by atoms with Crippen LogP contribution in [0.5, 0.6) is 0 Å². The van der Waals surface area contributed by atoms with E-state index in [1.807, 2.05) is 30.3 Å². The number of allylic oxidation sites excluding steroid dienone is 1. The van der Waals surface area contributed by atoms with Crippen LogP contribution in [-0.2, 0) is 16.2 Å². The van der Waals surface area contributed by atoms with Crippen molar-refractivity contribution >= 4 is 11.9 Å². The van der Waals surface area contributed by atoms with Crippen molar-refractivity contribution in [3.05, 3.63) is 83.6 Å². The SMILES string of the molecule is CC(=CC(=O)ONC(=O)c1ccccc1)NCc1ccccc1. The van der Waals surface area contributed by atoms with Gasteiger partial charge in [-0.25, -0.2) is 4.79 Å². The van der Waals surface area contributed by atoms with Gasteiger partial charge in [-0.2, -0.15) is 5.48 Å². The van der Waals surface area contributed by atoms with Crippen molar-refractivity contribution in [1.29, 1.82) is 0 Å². The van der Waals surface area contributed by atoms with E-state index in [9.17, 15) is 9.59 Å². The van der Waals surface area contributed by atoms with E-state index in [1.54, 1.807) is 37.3 Å². The van der Waals surface area contributed by atoms with Gasteiger partial charge in [0.1, 0.15) is 0 Å². The van der Waals surface area contributed by atoms with E-state index in [2.05, 4.69) is 10.8 Å². The van der Waals surface area contributed by atoms with Gasteiger partial charge in [-0.1, -0.05) is 48.5 Å². The first kappa shape index (κ1) is 16.3. The summed E-state index contributed by atoms with van der Waals surface area (Å²) >= 11 is 0. The molecule has 0 fully saturated rings. The summed E-state index contributed by atoms with van der Waals surface area (Å²) in [6, 6.07) is 18.3. The third kappa shape index (κ3) is 5.67. The van der Waals surface area contributed by atoms with Crippen molar-refractivity contribution in [2.45, 2.75) is 13.5 Å². The molecule has 0 saturated heterocycles. The summed E-state index contributed by atoms with van der Waals surface area (Å²) in [7, 11) is 0. The molecule has 5 nitrogen and oxygen atoms in total. The second kappa shape index (κ2) is 8.38. The number of nitrogens with one attached hydrogen (secondary N) is 2. The molecule has 0 aromatic heterocycles. The molecule has 118 valence electrons. The van der Waals surface area contributed by atoms with Crippen molar-refractivity contribution in [2.75, 3.05) is 0 Å². The van der Waals surface area contributed by atoms with Crippen LogP contribution in [0.25, 0.3) is 0 Å². The molecule has 0 spiro atoms. The molecule has 2 aromatic rings. The van der Waals surface area contributed by atoms with Gasteiger partial charge in [0.25, 0.3) is 5.91 Å². The average Bonchev–Trinajstić information content (AvgIpc) is 2.59. The number of carbonyl (C=O) groups is 2. The molecule has 0 radical (unpaired) electrons. The van der Waals surface area contributed by atoms with Crippen LogP contribution in [0.4, 0.5) is 0 Å². The largest absolute Gasteiger partial charge is 0.384 e. The summed E-state index contributed by atoms with van der Waals surface area (Å²) in [6.45, 7) is 2.36. The number of benzene rings is 2. The van der Waals surface area contributed by atoms with Gasteiger partial charge in [-0.3, -0.25) is 4.79 Å². The number of amides is 1. The fourth-order valence-electron chi connectivity index (χ4n) is 1.84. The van der Waals surface area contributed by atoms with Gasteiger partial charge in [-0.05, 0) is 24.6 Å². The predicted molar refractivity (Wildman–Crippen MR) is 87.0 cm³/mol. The van der Waals surface area contributed by atoms with Crippen molar-refractivity contribution in [3.63, 3.8) is 0 Å². The van der Waals surface area contributed by atoms with Crippen LogP contribution in [0, 0.1) is 0 Å². The zero-order valence-electron chi connectivity index (χ0n) is 12.8. The lowest BCUT2D eigenvalue weighted by Gasteiger charge is -2.07. The van der Waals surface area contributed by atoms with Crippen molar-refractivity contribution in [2.24, 2.45) is 0 Å². The lowest BCUT2D eigenvalue weighted by molar-refractivity contribution is -0.142. The van der Waals surface area contributed by atoms with E-state index in [1.165, 1.54) is 6.08 Å². The first-order valence-electron chi connectivity index (χ1n) is 7.17. The van der Waals surface area contributed by atoms with E-state index < -0.39 is 11.9 Å². The minimum Gasteiger partial charge on any atom is -0.384 e. The smallest absolute Gasteiger partial charge is 0.357 e. The van der Waals surface area contributed by atoms with E-state index in [4.69, 9.17) is 4.84 Å². The first-order valence-corrected chi connectivity index (χ1v) is 7.17. The van der Waals surface area contributed by atoms with Gasteiger partial charge in [0, 0.05) is 23.9 Å². The van der Waals surface area contributed by atoms with Crippen molar-refractivity contribution in [1.82, 2.24) is 10.8 Å². The minimum absolute atomic E-state index is 0.420. The molecule has 2 rings (SSSR count). The van der Waals surface area contributed by atoms with Crippen LogP contribution < -0.4 is 10.8 Å². The quantitative estimate of drug-likeness (QED) is 0.658. The van der Waals surface area contributed by atoms with E-state index in [0.29, 0.717) is 17.8 Å². The van der Waals surface area contributed by atoms with Crippen LogP contribution in [0.15, 0.2) is 72.4 Å². The molecular formula is C18H18N2O3. The Hall–Kier alpha value is -3.08. The van der Waals surface area contributed by atoms with Crippen LogP contribution in [0.3, 0.4) is 0 Å². The van der Waals surface area contributed by atoms with Crippen LogP contribution in [-0.4, -0.2) is 11.9 Å². The maximum Gasteiger partial charge on any atom is 0.357 e. The van der Waals surface area contributed by atoms with Crippen LogP contribution in [0.2, 0.25) is 0 Å². The molecule has 0 aliphatic heterocycles. The predicted octanol–water partition coefficient (Wildman–Crippen LogP) is 2.57. The Morgan fingerprint density at radius 3 is 2.26 bits per heavy atom. The van der Waals surface area contributed by atoms with Gasteiger partial charge < -0.3 is 10.2 Å². The Morgan fingerprint density at radius 2 is 1.61 bits per heavy atom. The van der Waals surface area contributed by atoms with Crippen molar-refractivity contribution < 1.29 is 14.4 Å². The average molecular weight is 310 g/mol. The fourth-order valence-corrected chi connectivity index (χ4v) is 1.84. The molecule has 0 heterocycles. The topological polar surface area (TPSA) is 67.4 Å². The molecule has 5 heteroatoms. The molecule has 2 aromatic carbocycles. The van der Waals surface area contributed by atoms with E-state index >= 15 is 0 Å². The molecule has 0 aliphatic carbocycles. The van der Waals surface area contributed by atoms with Crippen molar-refractivity contribution in [3.8, 4) is 0 Å². The highest BCUT2D eigenvalue weighted by Gasteiger charge is 2.07. The van der Waals surface area contributed by atoms with E-state index in [0.717, 1.165) is 5.56 Å². The summed E-state index contributed by atoms with van der Waals surface area (Å²) in [5, 5.41) is 3.10. The number of rotatable bonds is 5. The standard InChI is InChI=1S/C18H18N2O3/c1-14(19-13-15-8-4-2-5-9-15)12-17(21)23-20-18(22)16-10-6-3-7-11-16/h2-12,19H,13H2,1H3,(H,20,22). The zero-order chi connectivity index (χ0) is 16.5. The Kier molecular flexibility index (Phi) is 5.94. The summed E-state index contributed by atoms with van der Waals surface area (Å²) in [6.07, 6.45) is 1.29. The highest BCUT2D eigenvalue weighted by molar-refractivity contribution is 5.94. The molecule has 0 unspecified atom stereocenters. The third-order valence-corrected chi connectivity index (χ3v) is 3.03. The van der Waals surface area contributed by atoms with Crippen LogP contribution in [0.1, 0.15) is 22.8 Å². The highest BCUT2D eigenvalue weighted by atomic mass is 16.7. The number of hydrogen-bond donors (Lipinski definition) is 2. The Labute approximate surface area is 134 Å².